The number of rotatable bonds is 4. The van der Waals surface area contributed by atoms with E-state index >= 15 is 0 Å². The predicted octanol–water partition coefficient (Wildman–Crippen LogP) is 1.84. The Labute approximate surface area is 111 Å². The molecule has 0 atom stereocenters. The van der Waals surface area contributed by atoms with Gasteiger partial charge in [0.1, 0.15) is 5.78 Å². The number of hydrogen-bond acceptors (Lipinski definition) is 3. The molecule has 0 aromatic heterocycles. The number of Topliss-reactive ketones (excluding diaryl/α,β-unsaturated/α-hetero) is 1. The summed E-state index contributed by atoms with van der Waals surface area (Å²) < 4.78 is 0. The molecule has 100 valence electrons. The van der Waals surface area contributed by atoms with E-state index in [4.69, 9.17) is 5.73 Å². The van der Waals surface area contributed by atoms with Gasteiger partial charge in [0, 0.05) is 5.92 Å². The lowest BCUT2D eigenvalue weighted by molar-refractivity contribution is -0.124. The highest BCUT2D eigenvalue weighted by atomic mass is 35.5. The molecule has 0 aromatic carbocycles. The molecule has 0 radical (unpaired) electrons. The van der Waals surface area contributed by atoms with Crippen molar-refractivity contribution in [3.63, 3.8) is 0 Å². The van der Waals surface area contributed by atoms with E-state index in [1.54, 1.807) is 0 Å². The minimum absolute atomic E-state index is 0. The molecule has 1 aliphatic carbocycles. The summed E-state index contributed by atoms with van der Waals surface area (Å²) in [5, 5.41) is 0. The minimum Gasteiger partial charge on any atom is -0.330 e. The average Bonchev–Trinajstić information content (AvgIpc) is 2.83. The smallest absolute Gasteiger partial charge is 0.149 e. The molecule has 1 heterocycles. The normalized spacial score (nSPS) is 23.6. The Bertz CT molecular complexity index is 234. The van der Waals surface area contributed by atoms with Crippen molar-refractivity contribution in [2.24, 2.45) is 17.6 Å². The van der Waals surface area contributed by atoms with Crippen LogP contribution in [0.4, 0.5) is 0 Å². The van der Waals surface area contributed by atoms with E-state index in [0.717, 1.165) is 32.5 Å². The monoisotopic (exact) mass is 260 g/mol. The Morgan fingerprint density at radius 2 is 1.71 bits per heavy atom. The standard InChI is InChI=1S/C13H24N2O.ClH/c14-9-11-5-7-15(8-6-11)10-13(16)12-3-1-2-4-12;/h11-12H,1-10,14H2;1H. The number of likely N-dealkylation sites (tertiary alicyclic amines) is 1. The second-order valence-electron chi connectivity index (χ2n) is 5.40. The van der Waals surface area contributed by atoms with E-state index in [1.807, 2.05) is 0 Å². The minimum atomic E-state index is 0. The molecule has 0 amide bonds. The van der Waals surface area contributed by atoms with Crippen molar-refractivity contribution in [2.45, 2.75) is 38.5 Å². The van der Waals surface area contributed by atoms with Crippen LogP contribution in [0.2, 0.25) is 0 Å². The summed E-state index contributed by atoms with van der Waals surface area (Å²) in [5.41, 5.74) is 5.66. The van der Waals surface area contributed by atoms with Crippen molar-refractivity contribution < 1.29 is 4.79 Å². The number of halogens is 1. The number of ketones is 1. The molecule has 1 aliphatic heterocycles. The Morgan fingerprint density at radius 1 is 1.12 bits per heavy atom. The van der Waals surface area contributed by atoms with Crippen LogP contribution in [0, 0.1) is 11.8 Å². The van der Waals surface area contributed by atoms with Gasteiger partial charge in [-0.15, -0.1) is 12.4 Å². The fourth-order valence-electron chi connectivity index (χ4n) is 2.98. The third kappa shape index (κ3) is 4.23. The van der Waals surface area contributed by atoms with Crippen LogP contribution in [-0.4, -0.2) is 36.9 Å². The van der Waals surface area contributed by atoms with Gasteiger partial charge in [-0.1, -0.05) is 12.8 Å². The van der Waals surface area contributed by atoms with Crippen LogP contribution in [0.15, 0.2) is 0 Å². The van der Waals surface area contributed by atoms with Crippen LogP contribution < -0.4 is 5.73 Å². The van der Waals surface area contributed by atoms with Gasteiger partial charge in [-0.05, 0) is 51.2 Å². The summed E-state index contributed by atoms with van der Waals surface area (Å²) in [6.07, 6.45) is 7.14. The topological polar surface area (TPSA) is 46.3 Å². The maximum absolute atomic E-state index is 12.0. The van der Waals surface area contributed by atoms with E-state index in [1.165, 1.54) is 25.7 Å². The van der Waals surface area contributed by atoms with Crippen LogP contribution >= 0.6 is 12.4 Å². The Hall–Kier alpha value is -0.120. The maximum Gasteiger partial charge on any atom is 0.149 e. The van der Waals surface area contributed by atoms with Gasteiger partial charge >= 0.3 is 0 Å². The van der Waals surface area contributed by atoms with Crippen molar-refractivity contribution in [1.29, 1.82) is 0 Å². The summed E-state index contributed by atoms with van der Waals surface area (Å²) in [4.78, 5) is 14.3. The quantitative estimate of drug-likeness (QED) is 0.839. The second-order valence-corrected chi connectivity index (χ2v) is 5.40. The van der Waals surface area contributed by atoms with Crippen molar-refractivity contribution in [2.75, 3.05) is 26.2 Å². The predicted molar refractivity (Wildman–Crippen MR) is 72.4 cm³/mol. The lowest BCUT2D eigenvalue weighted by Gasteiger charge is -2.31. The molecule has 2 N–H and O–H groups in total. The van der Waals surface area contributed by atoms with Gasteiger partial charge in [0.05, 0.1) is 6.54 Å². The zero-order chi connectivity index (χ0) is 11.4. The van der Waals surface area contributed by atoms with Gasteiger partial charge in [-0.3, -0.25) is 9.69 Å². The van der Waals surface area contributed by atoms with Gasteiger partial charge < -0.3 is 5.73 Å². The van der Waals surface area contributed by atoms with Gasteiger partial charge in [-0.25, -0.2) is 0 Å². The third-order valence-electron chi connectivity index (χ3n) is 4.23. The fraction of sp³-hybridized carbons (Fsp3) is 0.923. The summed E-state index contributed by atoms with van der Waals surface area (Å²) in [5.74, 6) is 1.56. The van der Waals surface area contributed by atoms with Gasteiger partial charge in [0.25, 0.3) is 0 Å². The van der Waals surface area contributed by atoms with E-state index in [-0.39, 0.29) is 12.4 Å². The first-order chi connectivity index (χ1) is 7.79. The van der Waals surface area contributed by atoms with Crippen molar-refractivity contribution >= 4 is 18.2 Å². The molecule has 1 saturated heterocycles. The Morgan fingerprint density at radius 3 is 2.24 bits per heavy atom. The molecular formula is C13H25ClN2O. The highest BCUT2D eigenvalue weighted by Gasteiger charge is 2.26. The number of nitrogens with zero attached hydrogens (tertiary/aromatic N) is 1. The van der Waals surface area contributed by atoms with E-state index in [2.05, 4.69) is 4.90 Å². The lowest BCUT2D eigenvalue weighted by atomic mass is 9.96. The summed E-state index contributed by atoms with van der Waals surface area (Å²) >= 11 is 0. The average molecular weight is 261 g/mol. The van der Waals surface area contributed by atoms with Crippen LogP contribution in [0.3, 0.4) is 0 Å². The highest BCUT2D eigenvalue weighted by Crippen LogP contribution is 2.26. The fourth-order valence-corrected chi connectivity index (χ4v) is 2.98. The van der Waals surface area contributed by atoms with Crippen molar-refractivity contribution in [1.82, 2.24) is 4.90 Å². The van der Waals surface area contributed by atoms with Crippen molar-refractivity contribution in [3.8, 4) is 0 Å². The third-order valence-corrected chi connectivity index (χ3v) is 4.23. The summed E-state index contributed by atoms with van der Waals surface area (Å²) in [7, 11) is 0. The summed E-state index contributed by atoms with van der Waals surface area (Å²) in [6, 6.07) is 0. The molecule has 0 unspecified atom stereocenters. The highest BCUT2D eigenvalue weighted by molar-refractivity contribution is 5.85. The van der Waals surface area contributed by atoms with Gasteiger partial charge in [0.15, 0.2) is 0 Å². The van der Waals surface area contributed by atoms with Crippen LogP contribution in [0.1, 0.15) is 38.5 Å². The first kappa shape index (κ1) is 14.9. The SMILES string of the molecule is Cl.NCC1CCN(CC(=O)C2CCCC2)CC1. The van der Waals surface area contributed by atoms with Crippen LogP contribution in [-0.2, 0) is 4.79 Å². The van der Waals surface area contributed by atoms with E-state index in [9.17, 15) is 4.79 Å². The molecule has 0 aromatic rings. The van der Waals surface area contributed by atoms with Crippen molar-refractivity contribution in [3.05, 3.63) is 0 Å². The molecule has 2 aliphatic rings. The molecule has 2 rings (SSSR count). The Kier molecular flexibility index (Phi) is 6.45. The number of nitrogens with two attached hydrogens (primary N) is 1. The number of hydrogen-bond donors (Lipinski definition) is 1. The zero-order valence-electron chi connectivity index (χ0n) is 10.6. The zero-order valence-corrected chi connectivity index (χ0v) is 11.4. The van der Waals surface area contributed by atoms with E-state index in [0.29, 0.717) is 24.2 Å². The Balaban J connectivity index is 0.00000144. The van der Waals surface area contributed by atoms with Gasteiger partial charge in [-0.2, -0.15) is 0 Å². The molecule has 0 bridgehead atoms. The first-order valence-electron chi connectivity index (χ1n) is 6.74. The molecule has 0 spiro atoms. The molecular weight excluding hydrogens is 236 g/mol. The molecule has 2 fully saturated rings. The van der Waals surface area contributed by atoms with Gasteiger partial charge in [0.2, 0.25) is 0 Å². The largest absolute Gasteiger partial charge is 0.330 e. The molecule has 17 heavy (non-hydrogen) atoms. The second kappa shape index (κ2) is 7.34. The lowest BCUT2D eigenvalue weighted by Crippen LogP contribution is -2.40. The number of carbonyl (C=O) groups is 1. The molecule has 1 saturated carbocycles. The van der Waals surface area contributed by atoms with Crippen LogP contribution in [0.25, 0.3) is 0 Å². The first-order valence-corrected chi connectivity index (χ1v) is 6.74. The maximum atomic E-state index is 12.0. The number of carbonyl (C=O) groups excluding carboxylic acids is 1. The number of piperidine rings is 1. The molecule has 3 nitrogen and oxygen atoms in total. The summed E-state index contributed by atoms with van der Waals surface area (Å²) in [6.45, 7) is 3.65. The van der Waals surface area contributed by atoms with Crippen LogP contribution in [0.5, 0.6) is 0 Å². The molecule has 4 heteroatoms. The van der Waals surface area contributed by atoms with E-state index < -0.39 is 0 Å².